The van der Waals surface area contributed by atoms with E-state index in [0.29, 0.717) is 0 Å². The lowest BCUT2D eigenvalue weighted by atomic mass is 10.2. The minimum Gasteiger partial charge on any atom is -0.295 e. The van der Waals surface area contributed by atoms with E-state index >= 15 is 0 Å². The predicted molar refractivity (Wildman–Crippen MR) is 47.7 cm³/mol. The monoisotopic (exact) mass is 164 g/mol. The highest BCUT2D eigenvalue weighted by Gasteiger charge is 1.97. The molecule has 0 bridgehead atoms. The number of aromatic nitrogens is 2. The Hall–Kier alpha value is -1.38. The van der Waals surface area contributed by atoms with Crippen LogP contribution in [0.15, 0.2) is 12.3 Å². The van der Waals surface area contributed by atoms with E-state index in [1.807, 2.05) is 20.2 Å². The van der Waals surface area contributed by atoms with E-state index in [1.165, 1.54) is 13.0 Å². The van der Waals surface area contributed by atoms with Crippen molar-refractivity contribution in [3.05, 3.63) is 23.5 Å². The molecule has 0 amide bonds. The molecule has 0 aromatic carbocycles. The van der Waals surface area contributed by atoms with Crippen LogP contribution in [0.4, 0.5) is 0 Å². The van der Waals surface area contributed by atoms with Crippen LogP contribution in [-0.2, 0) is 11.8 Å². The zero-order valence-electron chi connectivity index (χ0n) is 7.53. The van der Waals surface area contributed by atoms with Gasteiger partial charge >= 0.3 is 0 Å². The molecule has 0 aliphatic rings. The minimum absolute atomic E-state index is 0.0417. The molecule has 0 radical (unpaired) electrons. The van der Waals surface area contributed by atoms with Crippen molar-refractivity contribution in [1.29, 1.82) is 0 Å². The molecule has 1 aromatic heterocycles. The Morgan fingerprint density at radius 2 is 2.33 bits per heavy atom. The second kappa shape index (κ2) is 3.34. The lowest BCUT2D eigenvalue weighted by molar-refractivity contribution is -0.112. The van der Waals surface area contributed by atoms with Crippen molar-refractivity contribution < 1.29 is 4.79 Å². The topological polar surface area (TPSA) is 34.9 Å². The Kier molecular flexibility index (Phi) is 2.43. The summed E-state index contributed by atoms with van der Waals surface area (Å²) in [4.78, 5) is 10.6. The summed E-state index contributed by atoms with van der Waals surface area (Å²) in [5.74, 6) is 0.0417. The van der Waals surface area contributed by atoms with Gasteiger partial charge < -0.3 is 0 Å². The third kappa shape index (κ3) is 2.05. The molecule has 3 heteroatoms. The van der Waals surface area contributed by atoms with E-state index in [4.69, 9.17) is 0 Å². The number of hydrogen-bond acceptors (Lipinski definition) is 2. The van der Waals surface area contributed by atoms with Gasteiger partial charge in [-0.15, -0.1) is 0 Å². The Morgan fingerprint density at radius 3 is 2.75 bits per heavy atom. The summed E-state index contributed by atoms with van der Waals surface area (Å²) >= 11 is 0. The molecule has 1 aromatic rings. The van der Waals surface area contributed by atoms with Crippen LogP contribution < -0.4 is 0 Å². The molecule has 0 saturated heterocycles. The molecule has 0 saturated carbocycles. The van der Waals surface area contributed by atoms with Gasteiger partial charge in [-0.3, -0.25) is 9.48 Å². The van der Waals surface area contributed by atoms with E-state index < -0.39 is 0 Å². The van der Waals surface area contributed by atoms with Crippen LogP contribution in [0, 0.1) is 6.92 Å². The van der Waals surface area contributed by atoms with Crippen LogP contribution >= 0.6 is 0 Å². The summed E-state index contributed by atoms with van der Waals surface area (Å²) in [6.07, 6.45) is 5.17. The number of nitrogens with zero attached hydrogens (tertiary/aromatic N) is 2. The number of hydrogen-bond donors (Lipinski definition) is 0. The van der Waals surface area contributed by atoms with Crippen LogP contribution in [0.3, 0.4) is 0 Å². The van der Waals surface area contributed by atoms with Gasteiger partial charge in [0.25, 0.3) is 0 Å². The lowest BCUT2D eigenvalue weighted by Gasteiger charge is -1.85. The molecule has 12 heavy (non-hydrogen) atoms. The summed E-state index contributed by atoms with van der Waals surface area (Å²) in [6, 6.07) is 0. The van der Waals surface area contributed by atoms with Crippen molar-refractivity contribution in [3.63, 3.8) is 0 Å². The fourth-order valence-corrected chi connectivity index (χ4v) is 0.985. The van der Waals surface area contributed by atoms with Gasteiger partial charge in [0.15, 0.2) is 5.78 Å². The maximum absolute atomic E-state index is 10.6. The van der Waals surface area contributed by atoms with Crippen LogP contribution in [0.5, 0.6) is 0 Å². The Labute approximate surface area is 71.7 Å². The normalized spacial score (nSPS) is 10.9. The maximum atomic E-state index is 10.6. The smallest absolute Gasteiger partial charge is 0.152 e. The number of rotatable bonds is 2. The van der Waals surface area contributed by atoms with Crippen LogP contribution in [-0.4, -0.2) is 15.6 Å². The maximum Gasteiger partial charge on any atom is 0.152 e. The van der Waals surface area contributed by atoms with Crippen LogP contribution in [0.1, 0.15) is 18.2 Å². The van der Waals surface area contributed by atoms with Crippen LogP contribution in [0.2, 0.25) is 0 Å². The number of ketones is 1. The second-order valence-electron chi connectivity index (χ2n) is 2.82. The summed E-state index contributed by atoms with van der Waals surface area (Å²) in [6.45, 7) is 3.49. The lowest BCUT2D eigenvalue weighted by Crippen LogP contribution is -1.87. The number of carbonyl (C=O) groups is 1. The third-order valence-electron chi connectivity index (χ3n) is 1.53. The van der Waals surface area contributed by atoms with Crippen molar-refractivity contribution in [2.24, 2.45) is 7.05 Å². The van der Waals surface area contributed by atoms with Crippen LogP contribution in [0.25, 0.3) is 6.08 Å². The molecule has 0 spiro atoms. The fraction of sp³-hybridized carbons (Fsp3) is 0.333. The molecule has 1 heterocycles. The third-order valence-corrected chi connectivity index (χ3v) is 1.53. The van der Waals surface area contributed by atoms with Gasteiger partial charge in [-0.05, 0) is 31.6 Å². The van der Waals surface area contributed by atoms with Crippen molar-refractivity contribution in [1.82, 2.24) is 9.78 Å². The molecule has 0 aliphatic carbocycles. The summed E-state index contributed by atoms with van der Waals surface area (Å²) in [7, 11) is 1.86. The molecule has 64 valence electrons. The van der Waals surface area contributed by atoms with E-state index in [1.54, 1.807) is 10.8 Å². The van der Waals surface area contributed by atoms with Crippen molar-refractivity contribution in [2.75, 3.05) is 0 Å². The number of allylic oxidation sites excluding steroid dienone is 1. The summed E-state index contributed by atoms with van der Waals surface area (Å²) in [5, 5.41) is 4.16. The molecule has 0 atom stereocenters. The first-order chi connectivity index (χ1) is 5.59. The first-order valence-electron chi connectivity index (χ1n) is 3.78. The minimum atomic E-state index is 0.0417. The first kappa shape index (κ1) is 8.71. The molecular formula is C9H12N2O. The van der Waals surface area contributed by atoms with Crippen molar-refractivity contribution in [3.8, 4) is 0 Å². The standard InChI is InChI=1S/C9H12N2O/c1-7-6-11(3)10-9(7)5-4-8(2)12/h4-6H,1-3H3/b5-4+. The second-order valence-corrected chi connectivity index (χ2v) is 2.82. The molecule has 0 fully saturated rings. The Bertz CT molecular complexity index is 323. The van der Waals surface area contributed by atoms with Gasteiger partial charge in [0.2, 0.25) is 0 Å². The van der Waals surface area contributed by atoms with E-state index in [2.05, 4.69) is 5.10 Å². The predicted octanol–water partition coefficient (Wildman–Crippen LogP) is 1.33. The SMILES string of the molecule is CC(=O)/C=C/c1nn(C)cc1C. The number of aryl methyl sites for hydroxylation is 2. The van der Waals surface area contributed by atoms with Crippen molar-refractivity contribution >= 4 is 11.9 Å². The molecule has 0 N–H and O–H groups in total. The Balaban J connectivity index is 2.89. The molecule has 0 unspecified atom stereocenters. The highest BCUT2D eigenvalue weighted by molar-refractivity contribution is 5.91. The van der Waals surface area contributed by atoms with Crippen molar-refractivity contribution in [2.45, 2.75) is 13.8 Å². The van der Waals surface area contributed by atoms with Gasteiger partial charge in [-0.25, -0.2) is 0 Å². The number of carbonyl (C=O) groups excluding carboxylic acids is 1. The average Bonchev–Trinajstić information content (AvgIpc) is 2.26. The zero-order valence-corrected chi connectivity index (χ0v) is 7.53. The highest BCUT2D eigenvalue weighted by Crippen LogP contribution is 2.05. The molecule has 1 rings (SSSR count). The van der Waals surface area contributed by atoms with Gasteiger partial charge in [0.1, 0.15) is 0 Å². The molecule has 3 nitrogen and oxygen atoms in total. The van der Waals surface area contributed by atoms with E-state index in [-0.39, 0.29) is 5.78 Å². The first-order valence-corrected chi connectivity index (χ1v) is 3.78. The molecule has 0 aliphatic heterocycles. The summed E-state index contributed by atoms with van der Waals surface area (Å²) < 4.78 is 1.73. The zero-order chi connectivity index (χ0) is 9.14. The summed E-state index contributed by atoms with van der Waals surface area (Å²) in [5.41, 5.74) is 1.93. The molecular weight excluding hydrogens is 152 g/mol. The largest absolute Gasteiger partial charge is 0.295 e. The van der Waals surface area contributed by atoms with Gasteiger partial charge in [0, 0.05) is 13.2 Å². The fourth-order valence-electron chi connectivity index (χ4n) is 0.985. The highest BCUT2D eigenvalue weighted by atomic mass is 16.1. The quantitative estimate of drug-likeness (QED) is 0.618. The van der Waals surface area contributed by atoms with Gasteiger partial charge in [-0.1, -0.05) is 0 Å². The van der Waals surface area contributed by atoms with Gasteiger partial charge in [-0.2, -0.15) is 5.10 Å². The van der Waals surface area contributed by atoms with Gasteiger partial charge in [0.05, 0.1) is 5.69 Å². The average molecular weight is 164 g/mol. The Morgan fingerprint density at radius 1 is 1.67 bits per heavy atom. The van der Waals surface area contributed by atoms with E-state index in [0.717, 1.165) is 11.3 Å². The van der Waals surface area contributed by atoms with E-state index in [9.17, 15) is 4.79 Å².